The molecular weight excluding hydrogens is 324 g/mol. The molecule has 2 rings (SSSR count). The van der Waals surface area contributed by atoms with Gasteiger partial charge in [0.2, 0.25) is 0 Å². The lowest BCUT2D eigenvalue weighted by Crippen LogP contribution is -2.21. The fraction of sp³-hybridized carbons (Fsp3) is 0.133. The molecule has 22 heavy (non-hydrogen) atoms. The van der Waals surface area contributed by atoms with Gasteiger partial charge in [0.05, 0.1) is 12.0 Å². The smallest absolute Gasteiger partial charge is 0.310 e. The number of nitrogens with zero attached hydrogens (tertiary/aromatic N) is 1. The largest absolute Gasteiger partial charge is 0.455 e. The number of amides is 1. The van der Waals surface area contributed by atoms with E-state index in [-0.39, 0.29) is 6.42 Å². The van der Waals surface area contributed by atoms with Gasteiger partial charge in [0, 0.05) is 5.02 Å². The second-order valence-electron chi connectivity index (χ2n) is 4.25. The molecule has 0 fully saturated rings. The first-order chi connectivity index (χ1) is 10.6. The Hall–Kier alpha value is -2.36. The quantitative estimate of drug-likeness (QED) is 0.852. The number of esters is 1. The maximum absolute atomic E-state index is 11.7. The van der Waals surface area contributed by atoms with E-state index in [0.29, 0.717) is 21.2 Å². The first kappa shape index (κ1) is 16.0. The number of nitriles is 1. The van der Waals surface area contributed by atoms with Crippen molar-refractivity contribution in [2.45, 2.75) is 6.42 Å². The molecule has 1 aromatic carbocycles. The maximum Gasteiger partial charge on any atom is 0.310 e. The summed E-state index contributed by atoms with van der Waals surface area (Å²) in [6.45, 7) is -0.411. The van der Waals surface area contributed by atoms with E-state index in [0.717, 1.165) is 0 Å². The van der Waals surface area contributed by atoms with Gasteiger partial charge in [0.15, 0.2) is 6.61 Å². The summed E-state index contributed by atoms with van der Waals surface area (Å²) in [5.74, 6) is -1.04. The summed E-state index contributed by atoms with van der Waals surface area (Å²) in [6, 6.07) is 10.5. The Balaban J connectivity index is 1.83. The van der Waals surface area contributed by atoms with E-state index >= 15 is 0 Å². The normalized spacial score (nSPS) is 9.82. The van der Waals surface area contributed by atoms with Crippen molar-refractivity contribution in [3.63, 3.8) is 0 Å². The standard InChI is InChI=1S/C15H11ClN2O3S/c16-12-4-2-1-3-10(12)7-14(20)21-9-13(19)18-15-11(8-17)5-6-22-15/h1-6H,7,9H2,(H,18,19). The predicted octanol–water partition coefficient (Wildman–Crippen LogP) is 3.00. The highest BCUT2D eigenvalue weighted by atomic mass is 35.5. The third-order valence-electron chi connectivity index (χ3n) is 2.70. The lowest BCUT2D eigenvalue weighted by Gasteiger charge is -2.06. The molecule has 0 saturated heterocycles. The van der Waals surface area contributed by atoms with Crippen molar-refractivity contribution in [1.29, 1.82) is 5.26 Å². The molecule has 0 unspecified atom stereocenters. The van der Waals surface area contributed by atoms with Crippen LogP contribution in [-0.2, 0) is 20.7 Å². The van der Waals surface area contributed by atoms with E-state index in [1.54, 1.807) is 35.7 Å². The van der Waals surface area contributed by atoms with Crippen molar-refractivity contribution < 1.29 is 14.3 Å². The summed E-state index contributed by atoms with van der Waals surface area (Å²) in [4.78, 5) is 23.4. The molecule has 0 bridgehead atoms. The SMILES string of the molecule is N#Cc1ccsc1NC(=O)COC(=O)Cc1ccccc1Cl. The molecule has 0 aliphatic carbocycles. The minimum Gasteiger partial charge on any atom is -0.455 e. The average Bonchev–Trinajstić information content (AvgIpc) is 2.94. The minimum absolute atomic E-state index is 0.00456. The summed E-state index contributed by atoms with van der Waals surface area (Å²) in [5.41, 5.74) is 1.01. The molecule has 0 spiro atoms. The highest BCUT2D eigenvalue weighted by Crippen LogP contribution is 2.22. The zero-order valence-corrected chi connectivity index (χ0v) is 12.9. The lowest BCUT2D eigenvalue weighted by atomic mass is 10.1. The van der Waals surface area contributed by atoms with Gasteiger partial charge < -0.3 is 10.1 Å². The minimum atomic E-state index is -0.546. The number of thiophene rings is 1. The number of anilines is 1. The van der Waals surface area contributed by atoms with Crippen molar-refractivity contribution in [2.24, 2.45) is 0 Å². The number of halogens is 1. The molecule has 1 amide bonds. The van der Waals surface area contributed by atoms with E-state index in [9.17, 15) is 9.59 Å². The lowest BCUT2D eigenvalue weighted by molar-refractivity contribution is -0.146. The average molecular weight is 335 g/mol. The number of ether oxygens (including phenoxy) is 1. The van der Waals surface area contributed by atoms with Crippen LogP contribution in [0.2, 0.25) is 5.02 Å². The van der Waals surface area contributed by atoms with Gasteiger partial charge in [-0.1, -0.05) is 29.8 Å². The van der Waals surface area contributed by atoms with Gasteiger partial charge >= 0.3 is 5.97 Å². The number of hydrogen-bond donors (Lipinski definition) is 1. The van der Waals surface area contributed by atoms with Crippen LogP contribution in [0.3, 0.4) is 0 Å². The Morgan fingerprint density at radius 2 is 2.09 bits per heavy atom. The summed E-state index contributed by atoms with van der Waals surface area (Å²) in [6.07, 6.45) is -0.00456. The maximum atomic E-state index is 11.7. The van der Waals surface area contributed by atoms with E-state index in [2.05, 4.69) is 5.32 Å². The second kappa shape index (κ2) is 7.59. The van der Waals surface area contributed by atoms with Gasteiger partial charge in [-0.2, -0.15) is 5.26 Å². The predicted molar refractivity (Wildman–Crippen MR) is 83.8 cm³/mol. The summed E-state index contributed by atoms with van der Waals surface area (Å²) in [7, 11) is 0. The summed E-state index contributed by atoms with van der Waals surface area (Å²) in [5, 5.41) is 14.0. The molecule has 5 nitrogen and oxygen atoms in total. The summed E-state index contributed by atoms with van der Waals surface area (Å²) >= 11 is 7.17. The highest BCUT2D eigenvalue weighted by molar-refractivity contribution is 7.14. The number of carbonyl (C=O) groups excluding carboxylic acids is 2. The van der Waals surface area contributed by atoms with Crippen LogP contribution >= 0.6 is 22.9 Å². The van der Waals surface area contributed by atoms with Crippen LogP contribution in [0.15, 0.2) is 35.7 Å². The Labute approximate surface area is 136 Å². The zero-order valence-electron chi connectivity index (χ0n) is 11.3. The van der Waals surface area contributed by atoms with Crippen molar-refractivity contribution in [2.75, 3.05) is 11.9 Å². The third-order valence-corrected chi connectivity index (χ3v) is 3.89. The van der Waals surface area contributed by atoms with Gasteiger partial charge in [-0.3, -0.25) is 9.59 Å². The van der Waals surface area contributed by atoms with E-state index in [1.807, 2.05) is 6.07 Å². The van der Waals surface area contributed by atoms with Crippen molar-refractivity contribution in [3.05, 3.63) is 51.9 Å². The molecule has 7 heteroatoms. The molecule has 112 valence electrons. The van der Waals surface area contributed by atoms with Gasteiger partial charge in [-0.05, 0) is 23.1 Å². The monoisotopic (exact) mass is 334 g/mol. The molecule has 0 radical (unpaired) electrons. The van der Waals surface area contributed by atoms with Crippen LogP contribution < -0.4 is 5.32 Å². The highest BCUT2D eigenvalue weighted by Gasteiger charge is 2.12. The molecular formula is C15H11ClN2O3S. The van der Waals surface area contributed by atoms with Crippen LogP contribution in [0.5, 0.6) is 0 Å². The molecule has 1 N–H and O–H groups in total. The number of benzene rings is 1. The van der Waals surface area contributed by atoms with Gasteiger partial charge in [-0.15, -0.1) is 11.3 Å². The number of carbonyl (C=O) groups is 2. The van der Waals surface area contributed by atoms with Crippen LogP contribution in [0.1, 0.15) is 11.1 Å². The first-order valence-electron chi connectivity index (χ1n) is 6.26. The molecule has 0 saturated carbocycles. The van der Waals surface area contributed by atoms with E-state index < -0.39 is 18.5 Å². The fourth-order valence-corrected chi connectivity index (χ4v) is 2.61. The summed E-state index contributed by atoms with van der Waals surface area (Å²) < 4.78 is 4.90. The Morgan fingerprint density at radius 1 is 1.32 bits per heavy atom. The molecule has 0 aliphatic rings. The first-order valence-corrected chi connectivity index (χ1v) is 7.52. The van der Waals surface area contributed by atoms with Crippen LogP contribution in [-0.4, -0.2) is 18.5 Å². The topological polar surface area (TPSA) is 79.2 Å². The molecule has 0 atom stereocenters. The van der Waals surface area contributed by atoms with Crippen LogP contribution in [0.25, 0.3) is 0 Å². The second-order valence-corrected chi connectivity index (χ2v) is 5.58. The molecule has 0 aliphatic heterocycles. The molecule has 2 aromatic rings. The molecule has 1 heterocycles. The Bertz CT molecular complexity index is 720. The number of rotatable bonds is 5. The van der Waals surface area contributed by atoms with E-state index in [1.165, 1.54) is 11.3 Å². The van der Waals surface area contributed by atoms with Crippen LogP contribution in [0.4, 0.5) is 5.00 Å². The van der Waals surface area contributed by atoms with Crippen molar-refractivity contribution >= 4 is 39.8 Å². The zero-order chi connectivity index (χ0) is 15.9. The van der Waals surface area contributed by atoms with Crippen LogP contribution in [0, 0.1) is 11.3 Å². The Kier molecular flexibility index (Phi) is 5.53. The van der Waals surface area contributed by atoms with Crippen molar-refractivity contribution in [3.8, 4) is 6.07 Å². The van der Waals surface area contributed by atoms with Gasteiger partial charge in [0.25, 0.3) is 5.91 Å². The number of nitrogens with one attached hydrogen (secondary N) is 1. The number of hydrogen-bond acceptors (Lipinski definition) is 5. The fourth-order valence-electron chi connectivity index (χ4n) is 1.65. The third kappa shape index (κ3) is 4.32. The van der Waals surface area contributed by atoms with E-state index in [4.69, 9.17) is 21.6 Å². The van der Waals surface area contributed by atoms with Gasteiger partial charge in [-0.25, -0.2) is 0 Å². The van der Waals surface area contributed by atoms with Gasteiger partial charge in [0.1, 0.15) is 11.1 Å². The Morgan fingerprint density at radius 3 is 2.82 bits per heavy atom. The van der Waals surface area contributed by atoms with Crippen molar-refractivity contribution in [1.82, 2.24) is 0 Å². The molecule has 1 aromatic heterocycles.